The van der Waals surface area contributed by atoms with Gasteiger partial charge in [0.1, 0.15) is 0 Å². The van der Waals surface area contributed by atoms with Gasteiger partial charge in [0.05, 0.1) is 13.0 Å². The summed E-state index contributed by atoms with van der Waals surface area (Å²) in [6, 6.07) is -1.01. The van der Waals surface area contributed by atoms with Crippen LogP contribution in [0.5, 0.6) is 0 Å². The number of urea groups is 1. The van der Waals surface area contributed by atoms with E-state index in [1.165, 1.54) is 0 Å². The summed E-state index contributed by atoms with van der Waals surface area (Å²) in [7, 11) is 0. The number of aliphatic carboxylic acids is 1. The number of likely N-dealkylation sites (N-methyl/N-ethyl adjacent to an activating group) is 1. The van der Waals surface area contributed by atoms with Gasteiger partial charge in [-0.15, -0.1) is 0 Å². The molecule has 0 saturated carbocycles. The number of hydrogen-bond donors (Lipinski definition) is 4. The molecule has 0 fully saturated rings. The first-order valence-electron chi connectivity index (χ1n) is 6.67. The van der Waals surface area contributed by atoms with Crippen molar-refractivity contribution in [3.05, 3.63) is 0 Å². The Hall–Kier alpha value is -1.79. The summed E-state index contributed by atoms with van der Waals surface area (Å²) in [6.45, 7) is 8.05. The molecule has 0 radical (unpaired) electrons. The minimum Gasteiger partial charge on any atom is -0.481 e. The van der Waals surface area contributed by atoms with Gasteiger partial charge < -0.3 is 21.1 Å². The summed E-state index contributed by atoms with van der Waals surface area (Å²) < 4.78 is 0. The van der Waals surface area contributed by atoms with Crippen LogP contribution < -0.4 is 16.0 Å². The first-order chi connectivity index (χ1) is 9.14. The van der Waals surface area contributed by atoms with Crippen LogP contribution in [-0.4, -0.2) is 42.1 Å². The maximum absolute atomic E-state index is 11.6. The molecule has 7 heteroatoms. The fourth-order valence-electron chi connectivity index (χ4n) is 1.78. The minimum absolute atomic E-state index is 0.104. The number of carboxylic acid groups (broad SMARTS) is 1. The minimum atomic E-state index is -0.969. The number of nitrogens with one attached hydrogen (secondary N) is 3. The van der Waals surface area contributed by atoms with E-state index in [9.17, 15) is 14.4 Å². The van der Waals surface area contributed by atoms with Crippen LogP contribution in [0.4, 0.5) is 4.79 Å². The normalized spacial score (nSPS) is 12.4. The number of hydrogen-bond acceptors (Lipinski definition) is 3. The van der Waals surface area contributed by atoms with Crippen LogP contribution in [0.2, 0.25) is 0 Å². The van der Waals surface area contributed by atoms with E-state index in [0.717, 1.165) is 0 Å². The predicted octanol–water partition coefficient (Wildman–Crippen LogP) is 0.701. The Kier molecular flexibility index (Phi) is 7.64. The third-order valence-corrected chi connectivity index (χ3v) is 2.40. The number of amides is 3. The highest BCUT2D eigenvalue weighted by molar-refractivity contribution is 5.84. The third-order valence-electron chi connectivity index (χ3n) is 2.40. The van der Waals surface area contributed by atoms with Gasteiger partial charge in [0.25, 0.3) is 0 Å². The Balaban J connectivity index is 4.31. The Morgan fingerprint density at radius 3 is 2.20 bits per heavy atom. The Bertz CT molecular complexity index is 350. The number of carboxylic acids is 1. The summed E-state index contributed by atoms with van der Waals surface area (Å²) >= 11 is 0. The molecule has 0 aliphatic carbocycles. The maximum Gasteiger partial charge on any atom is 0.315 e. The van der Waals surface area contributed by atoms with Crippen LogP contribution in [0, 0.1) is 5.41 Å². The first kappa shape index (κ1) is 18.2. The second kappa shape index (κ2) is 8.39. The van der Waals surface area contributed by atoms with Gasteiger partial charge in [-0.2, -0.15) is 0 Å². The smallest absolute Gasteiger partial charge is 0.315 e. The van der Waals surface area contributed by atoms with E-state index in [0.29, 0.717) is 13.0 Å². The molecule has 4 N–H and O–H groups in total. The molecule has 0 bridgehead atoms. The molecule has 3 amide bonds. The first-order valence-corrected chi connectivity index (χ1v) is 6.67. The molecule has 20 heavy (non-hydrogen) atoms. The van der Waals surface area contributed by atoms with Crippen LogP contribution in [0.25, 0.3) is 0 Å². The molecule has 0 rings (SSSR count). The standard InChI is InChI=1S/C13H25N3O4/c1-5-14-10(17)8-15-12(20)16-9(6-11(18)19)7-13(2,3)4/h9H,5-8H2,1-4H3,(H,14,17)(H,18,19)(H2,15,16,20). The van der Waals surface area contributed by atoms with Crippen LogP contribution in [0.15, 0.2) is 0 Å². The van der Waals surface area contributed by atoms with E-state index >= 15 is 0 Å². The Labute approximate surface area is 119 Å². The molecular formula is C13H25N3O4. The molecule has 0 saturated heterocycles. The zero-order valence-corrected chi connectivity index (χ0v) is 12.6. The van der Waals surface area contributed by atoms with Crippen molar-refractivity contribution in [1.82, 2.24) is 16.0 Å². The van der Waals surface area contributed by atoms with Gasteiger partial charge in [0.2, 0.25) is 5.91 Å². The van der Waals surface area contributed by atoms with Gasteiger partial charge in [-0.1, -0.05) is 20.8 Å². The zero-order valence-electron chi connectivity index (χ0n) is 12.6. The summed E-state index contributed by atoms with van der Waals surface area (Å²) in [4.78, 5) is 33.6. The molecule has 0 aliphatic heterocycles. The molecule has 0 aromatic heterocycles. The van der Waals surface area contributed by atoms with Gasteiger partial charge in [0.15, 0.2) is 0 Å². The van der Waals surface area contributed by atoms with Gasteiger partial charge in [-0.3, -0.25) is 9.59 Å². The summed E-state index contributed by atoms with van der Waals surface area (Å²) in [6.07, 6.45) is 0.389. The predicted molar refractivity (Wildman–Crippen MR) is 75.3 cm³/mol. The Morgan fingerprint density at radius 1 is 1.15 bits per heavy atom. The van der Waals surface area contributed by atoms with Crippen molar-refractivity contribution in [2.75, 3.05) is 13.1 Å². The van der Waals surface area contributed by atoms with E-state index in [1.807, 2.05) is 20.8 Å². The second-order valence-corrected chi connectivity index (χ2v) is 5.84. The lowest BCUT2D eigenvalue weighted by Gasteiger charge is -2.25. The van der Waals surface area contributed by atoms with Crippen LogP contribution in [0.3, 0.4) is 0 Å². The lowest BCUT2D eigenvalue weighted by molar-refractivity contribution is -0.137. The molecule has 1 atom stereocenters. The van der Waals surface area contributed by atoms with E-state index in [4.69, 9.17) is 5.11 Å². The van der Waals surface area contributed by atoms with E-state index in [1.54, 1.807) is 6.92 Å². The highest BCUT2D eigenvalue weighted by Gasteiger charge is 2.22. The zero-order chi connectivity index (χ0) is 15.8. The van der Waals surface area contributed by atoms with Crippen LogP contribution in [0.1, 0.15) is 40.5 Å². The van der Waals surface area contributed by atoms with E-state index in [-0.39, 0.29) is 24.3 Å². The van der Waals surface area contributed by atoms with Crippen molar-refractivity contribution in [3.63, 3.8) is 0 Å². The summed E-state index contributed by atoms with van der Waals surface area (Å²) in [5, 5.41) is 16.4. The SMILES string of the molecule is CCNC(=O)CNC(=O)NC(CC(=O)O)CC(C)(C)C. The quantitative estimate of drug-likeness (QED) is 0.553. The molecule has 0 aliphatic rings. The number of carbonyl (C=O) groups excluding carboxylic acids is 2. The average Bonchev–Trinajstić information content (AvgIpc) is 2.23. The number of rotatable bonds is 7. The van der Waals surface area contributed by atoms with Gasteiger partial charge >= 0.3 is 12.0 Å². The van der Waals surface area contributed by atoms with Gasteiger partial charge in [-0.25, -0.2) is 4.79 Å². The molecule has 1 unspecified atom stereocenters. The van der Waals surface area contributed by atoms with Crippen molar-refractivity contribution < 1.29 is 19.5 Å². The van der Waals surface area contributed by atoms with Gasteiger partial charge in [0, 0.05) is 12.6 Å². The number of carbonyl (C=O) groups is 3. The lowest BCUT2D eigenvalue weighted by Crippen LogP contribution is -2.47. The fraction of sp³-hybridized carbons (Fsp3) is 0.769. The summed E-state index contributed by atoms with van der Waals surface area (Å²) in [5.74, 6) is -1.25. The molecule has 0 aromatic carbocycles. The average molecular weight is 287 g/mol. The van der Waals surface area contributed by atoms with Crippen LogP contribution >= 0.6 is 0 Å². The second-order valence-electron chi connectivity index (χ2n) is 5.84. The fourth-order valence-corrected chi connectivity index (χ4v) is 1.78. The van der Waals surface area contributed by atoms with Gasteiger partial charge in [-0.05, 0) is 18.8 Å². The molecule has 7 nitrogen and oxygen atoms in total. The third kappa shape index (κ3) is 10.2. The van der Waals surface area contributed by atoms with E-state index in [2.05, 4.69) is 16.0 Å². The molecular weight excluding hydrogens is 262 g/mol. The van der Waals surface area contributed by atoms with E-state index < -0.39 is 18.0 Å². The highest BCUT2D eigenvalue weighted by atomic mass is 16.4. The van der Waals surface area contributed by atoms with Crippen LogP contribution in [-0.2, 0) is 9.59 Å². The van der Waals surface area contributed by atoms with Crippen molar-refractivity contribution in [1.29, 1.82) is 0 Å². The largest absolute Gasteiger partial charge is 0.481 e. The van der Waals surface area contributed by atoms with Crippen molar-refractivity contribution in [2.45, 2.75) is 46.6 Å². The lowest BCUT2D eigenvalue weighted by atomic mass is 9.87. The monoisotopic (exact) mass is 287 g/mol. The molecule has 0 heterocycles. The highest BCUT2D eigenvalue weighted by Crippen LogP contribution is 2.22. The van der Waals surface area contributed by atoms with Crippen molar-refractivity contribution >= 4 is 17.9 Å². The van der Waals surface area contributed by atoms with Crippen molar-refractivity contribution in [2.24, 2.45) is 5.41 Å². The topological polar surface area (TPSA) is 108 Å². The molecule has 0 spiro atoms. The van der Waals surface area contributed by atoms with Crippen molar-refractivity contribution in [3.8, 4) is 0 Å². The maximum atomic E-state index is 11.6. The molecule has 0 aromatic rings. The summed E-state index contributed by atoms with van der Waals surface area (Å²) in [5.41, 5.74) is -0.104. The molecule has 116 valence electrons. The Morgan fingerprint density at radius 2 is 1.75 bits per heavy atom.